The van der Waals surface area contributed by atoms with Gasteiger partial charge in [-0.1, -0.05) is 35.9 Å². The fraction of sp³-hybridized carbons (Fsp3) is 0.278. The molecule has 2 aromatic rings. The Bertz CT molecular complexity index is 882. The summed E-state index contributed by atoms with van der Waals surface area (Å²) < 4.78 is 27.2. The van der Waals surface area contributed by atoms with Gasteiger partial charge in [-0.2, -0.15) is 0 Å². The molecule has 0 atom stereocenters. The van der Waals surface area contributed by atoms with E-state index in [9.17, 15) is 13.2 Å². The van der Waals surface area contributed by atoms with Gasteiger partial charge in [0.15, 0.2) is 0 Å². The van der Waals surface area contributed by atoms with Crippen molar-refractivity contribution in [3.05, 3.63) is 58.6 Å². The number of rotatable bonds is 6. The highest BCUT2D eigenvalue weighted by Gasteiger charge is 2.19. The number of benzene rings is 2. The summed E-state index contributed by atoms with van der Waals surface area (Å²) in [4.78, 5) is 13.6. The Balaban J connectivity index is 2.14. The van der Waals surface area contributed by atoms with Crippen LogP contribution in [0.25, 0.3) is 0 Å². The van der Waals surface area contributed by atoms with Gasteiger partial charge in [0.1, 0.15) is 4.90 Å². The van der Waals surface area contributed by atoms with Gasteiger partial charge in [-0.25, -0.2) is 13.1 Å². The predicted molar refractivity (Wildman–Crippen MR) is 101 cm³/mol. The maximum Gasteiger partial charge on any atom is 0.242 e. The highest BCUT2D eigenvalue weighted by Crippen LogP contribution is 2.23. The van der Waals surface area contributed by atoms with Crippen molar-refractivity contribution >= 4 is 33.2 Å². The zero-order valence-corrected chi connectivity index (χ0v) is 16.0. The molecule has 0 heterocycles. The Morgan fingerprint density at radius 1 is 1.12 bits per heavy atom. The number of carbonyl (C=O) groups is 1. The second-order valence-electron chi connectivity index (χ2n) is 5.72. The highest BCUT2D eigenvalue weighted by molar-refractivity contribution is 7.89. The number of hydrogen-bond donors (Lipinski definition) is 1. The molecule has 0 bridgehead atoms. The van der Waals surface area contributed by atoms with Gasteiger partial charge in [-0.15, -0.1) is 0 Å². The van der Waals surface area contributed by atoms with Crippen molar-refractivity contribution < 1.29 is 13.2 Å². The van der Waals surface area contributed by atoms with Crippen LogP contribution in [0.3, 0.4) is 0 Å². The van der Waals surface area contributed by atoms with Crippen molar-refractivity contribution in [3.63, 3.8) is 0 Å². The third-order valence-corrected chi connectivity index (χ3v) is 5.96. The fourth-order valence-corrected chi connectivity index (χ4v) is 4.05. The standard InChI is InChI=1S/C18H21ClN2O3S/c1-13-7-6-9-17(14(13)2)21(15(3)22)12-11-20-25(23,24)18-10-5-4-8-16(18)19/h4-10,20H,11-12H2,1-3H3. The molecule has 2 aromatic carbocycles. The van der Waals surface area contributed by atoms with E-state index in [4.69, 9.17) is 11.6 Å². The normalized spacial score (nSPS) is 11.4. The van der Waals surface area contributed by atoms with E-state index in [2.05, 4.69) is 4.72 Å². The second kappa shape index (κ2) is 7.99. The van der Waals surface area contributed by atoms with Gasteiger partial charge in [-0.05, 0) is 43.2 Å². The first-order valence-corrected chi connectivity index (χ1v) is 9.68. The van der Waals surface area contributed by atoms with Crippen molar-refractivity contribution in [1.29, 1.82) is 0 Å². The largest absolute Gasteiger partial charge is 0.311 e. The summed E-state index contributed by atoms with van der Waals surface area (Å²) in [5, 5.41) is 0.160. The first-order valence-electron chi connectivity index (χ1n) is 7.82. The van der Waals surface area contributed by atoms with Crippen molar-refractivity contribution in [1.82, 2.24) is 4.72 Å². The van der Waals surface area contributed by atoms with Crippen LogP contribution in [0.5, 0.6) is 0 Å². The van der Waals surface area contributed by atoms with Crippen LogP contribution in [0.2, 0.25) is 5.02 Å². The van der Waals surface area contributed by atoms with Crippen LogP contribution in [0.1, 0.15) is 18.1 Å². The van der Waals surface area contributed by atoms with E-state index in [1.54, 1.807) is 17.0 Å². The summed E-state index contributed by atoms with van der Waals surface area (Å²) in [5.41, 5.74) is 2.84. The van der Waals surface area contributed by atoms with Crippen LogP contribution in [0, 0.1) is 13.8 Å². The molecule has 0 aliphatic rings. The van der Waals surface area contributed by atoms with Gasteiger partial charge in [-0.3, -0.25) is 4.79 Å². The highest BCUT2D eigenvalue weighted by atomic mass is 35.5. The maximum atomic E-state index is 12.4. The first-order chi connectivity index (χ1) is 11.7. The lowest BCUT2D eigenvalue weighted by Gasteiger charge is -2.24. The van der Waals surface area contributed by atoms with Crippen LogP contribution in [0.4, 0.5) is 5.69 Å². The number of carbonyl (C=O) groups excluding carboxylic acids is 1. The molecule has 134 valence electrons. The van der Waals surface area contributed by atoms with E-state index in [0.717, 1.165) is 16.8 Å². The molecule has 0 radical (unpaired) electrons. The lowest BCUT2D eigenvalue weighted by molar-refractivity contribution is -0.116. The van der Waals surface area contributed by atoms with Gasteiger partial charge >= 0.3 is 0 Å². The molecule has 0 aliphatic carbocycles. The summed E-state index contributed by atoms with van der Waals surface area (Å²) in [6.07, 6.45) is 0. The number of anilines is 1. The fourth-order valence-electron chi connectivity index (χ4n) is 2.51. The number of sulfonamides is 1. The van der Waals surface area contributed by atoms with Gasteiger partial charge in [0.05, 0.1) is 5.02 Å². The Morgan fingerprint density at radius 2 is 1.80 bits per heavy atom. The van der Waals surface area contributed by atoms with Crippen molar-refractivity contribution in [2.24, 2.45) is 0 Å². The van der Waals surface area contributed by atoms with E-state index in [1.165, 1.54) is 19.1 Å². The van der Waals surface area contributed by atoms with Crippen LogP contribution in [-0.4, -0.2) is 27.4 Å². The van der Waals surface area contributed by atoms with E-state index < -0.39 is 10.0 Å². The molecule has 0 fully saturated rings. The van der Waals surface area contributed by atoms with E-state index in [-0.39, 0.29) is 28.9 Å². The average molecular weight is 381 g/mol. The van der Waals surface area contributed by atoms with Crippen LogP contribution in [0.15, 0.2) is 47.4 Å². The van der Waals surface area contributed by atoms with E-state index in [1.807, 2.05) is 32.0 Å². The summed E-state index contributed by atoms with van der Waals surface area (Å²) >= 11 is 5.95. The molecule has 1 amide bonds. The van der Waals surface area contributed by atoms with Gasteiger partial charge in [0.2, 0.25) is 15.9 Å². The molecule has 0 aromatic heterocycles. The molecule has 0 saturated heterocycles. The monoisotopic (exact) mass is 380 g/mol. The summed E-state index contributed by atoms with van der Waals surface area (Å²) in [6.45, 7) is 5.68. The number of amides is 1. The summed E-state index contributed by atoms with van der Waals surface area (Å²) in [7, 11) is -3.73. The molecule has 0 aliphatic heterocycles. The minimum Gasteiger partial charge on any atom is -0.311 e. The van der Waals surface area contributed by atoms with Crippen LogP contribution < -0.4 is 9.62 Å². The molecule has 5 nitrogen and oxygen atoms in total. The Hall–Kier alpha value is -1.89. The number of nitrogens with zero attached hydrogens (tertiary/aromatic N) is 1. The second-order valence-corrected chi connectivity index (χ2v) is 7.86. The molecule has 7 heteroatoms. The molecular weight excluding hydrogens is 360 g/mol. The van der Waals surface area contributed by atoms with Crippen LogP contribution >= 0.6 is 11.6 Å². The zero-order valence-electron chi connectivity index (χ0n) is 14.4. The predicted octanol–water partition coefficient (Wildman–Crippen LogP) is 3.29. The molecular formula is C18H21ClN2O3S. The SMILES string of the molecule is CC(=O)N(CCNS(=O)(=O)c1ccccc1Cl)c1cccc(C)c1C. The molecule has 0 unspecified atom stereocenters. The van der Waals surface area contributed by atoms with Crippen molar-refractivity contribution in [3.8, 4) is 0 Å². The number of hydrogen-bond acceptors (Lipinski definition) is 3. The third-order valence-electron chi connectivity index (χ3n) is 4.00. The number of aryl methyl sites for hydroxylation is 1. The van der Waals surface area contributed by atoms with Gasteiger partial charge in [0.25, 0.3) is 0 Å². The lowest BCUT2D eigenvalue weighted by atomic mass is 10.1. The Labute approximate surface area is 153 Å². The van der Waals surface area contributed by atoms with Gasteiger partial charge < -0.3 is 4.90 Å². The topological polar surface area (TPSA) is 66.5 Å². The molecule has 1 N–H and O–H groups in total. The van der Waals surface area contributed by atoms with Gasteiger partial charge in [0, 0.05) is 25.7 Å². The smallest absolute Gasteiger partial charge is 0.242 e. The summed E-state index contributed by atoms with van der Waals surface area (Å²) in [6, 6.07) is 11.9. The van der Waals surface area contributed by atoms with Crippen LogP contribution in [-0.2, 0) is 14.8 Å². The van der Waals surface area contributed by atoms with E-state index >= 15 is 0 Å². The number of nitrogens with one attached hydrogen (secondary N) is 1. The van der Waals surface area contributed by atoms with E-state index in [0.29, 0.717) is 0 Å². The third kappa shape index (κ3) is 4.60. The lowest BCUT2D eigenvalue weighted by Crippen LogP contribution is -2.38. The van der Waals surface area contributed by atoms with Crippen molar-refractivity contribution in [2.75, 3.05) is 18.0 Å². The molecule has 0 spiro atoms. The first kappa shape index (κ1) is 19.4. The maximum absolute atomic E-state index is 12.4. The van der Waals surface area contributed by atoms with Crippen molar-refractivity contribution in [2.45, 2.75) is 25.7 Å². The summed E-state index contributed by atoms with van der Waals surface area (Å²) in [5.74, 6) is -0.148. The zero-order chi connectivity index (χ0) is 18.6. The molecule has 25 heavy (non-hydrogen) atoms. The molecule has 0 saturated carbocycles. The number of halogens is 1. The Morgan fingerprint density at radius 3 is 2.44 bits per heavy atom. The average Bonchev–Trinajstić information content (AvgIpc) is 2.54. The minimum absolute atomic E-state index is 0.0257. The quantitative estimate of drug-likeness (QED) is 0.836. The molecule has 2 rings (SSSR count). The minimum atomic E-state index is -3.73. The Kier molecular flexibility index (Phi) is 6.21.